The van der Waals surface area contributed by atoms with Crippen LogP contribution in [0.15, 0.2) is 24.3 Å². The van der Waals surface area contributed by atoms with E-state index in [1.54, 1.807) is 0 Å². The topological polar surface area (TPSA) is 41.1 Å². The van der Waals surface area contributed by atoms with Crippen LogP contribution in [0.25, 0.3) is 0 Å². The molecule has 0 heterocycles. The number of carbonyl (C=O) groups excluding carboxylic acids is 1. The van der Waals surface area contributed by atoms with Crippen molar-refractivity contribution in [3.63, 3.8) is 0 Å². The van der Waals surface area contributed by atoms with Crippen molar-refractivity contribution in [1.29, 1.82) is 0 Å². The van der Waals surface area contributed by atoms with Crippen molar-refractivity contribution in [3.05, 3.63) is 24.3 Å². The van der Waals surface area contributed by atoms with Crippen molar-refractivity contribution in [2.75, 3.05) is 10.6 Å². The summed E-state index contributed by atoms with van der Waals surface area (Å²) in [4.78, 5) is 11.7. The quantitative estimate of drug-likeness (QED) is 0.855. The van der Waals surface area contributed by atoms with Crippen molar-refractivity contribution in [3.8, 4) is 0 Å². The third-order valence-electron chi connectivity index (χ3n) is 4.46. The minimum absolute atomic E-state index is 0.00730. The highest BCUT2D eigenvalue weighted by Crippen LogP contribution is 2.30. The largest absolute Gasteiger partial charge is 0.382 e. The SMILES string of the molecule is CC1CCC(Nc2ccc(NC(=O)C(C)C)cc2)C(C)C1. The van der Waals surface area contributed by atoms with Crippen LogP contribution >= 0.6 is 0 Å². The van der Waals surface area contributed by atoms with E-state index in [0.717, 1.165) is 17.3 Å². The molecule has 116 valence electrons. The van der Waals surface area contributed by atoms with Gasteiger partial charge in [-0.05, 0) is 55.4 Å². The number of hydrogen-bond donors (Lipinski definition) is 2. The molecule has 3 heteroatoms. The van der Waals surface area contributed by atoms with Gasteiger partial charge >= 0.3 is 0 Å². The first-order valence-corrected chi connectivity index (χ1v) is 8.13. The molecular weight excluding hydrogens is 260 g/mol. The summed E-state index contributed by atoms with van der Waals surface area (Å²) in [5, 5.41) is 6.56. The van der Waals surface area contributed by atoms with Crippen LogP contribution < -0.4 is 10.6 Å². The Morgan fingerprint density at radius 3 is 2.29 bits per heavy atom. The van der Waals surface area contributed by atoms with Gasteiger partial charge in [0, 0.05) is 23.3 Å². The van der Waals surface area contributed by atoms with Gasteiger partial charge in [-0.2, -0.15) is 0 Å². The van der Waals surface area contributed by atoms with Crippen LogP contribution in [-0.2, 0) is 4.79 Å². The van der Waals surface area contributed by atoms with Gasteiger partial charge in [-0.3, -0.25) is 4.79 Å². The van der Waals surface area contributed by atoms with E-state index in [-0.39, 0.29) is 11.8 Å². The Hall–Kier alpha value is -1.51. The van der Waals surface area contributed by atoms with Gasteiger partial charge in [0.05, 0.1) is 0 Å². The highest BCUT2D eigenvalue weighted by Gasteiger charge is 2.24. The molecule has 2 N–H and O–H groups in total. The zero-order chi connectivity index (χ0) is 15.4. The minimum Gasteiger partial charge on any atom is -0.382 e. The molecule has 3 atom stereocenters. The molecule has 2 rings (SSSR count). The molecule has 0 spiro atoms. The monoisotopic (exact) mass is 288 g/mol. The van der Waals surface area contributed by atoms with Gasteiger partial charge in [0.2, 0.25) is 5.91 Å². The Kier molecular flexibility index (Phi) is 5.27. The summed E-state index contributed by atoms with van der Waals surface area (Å²) in [6.45, 7) is 8.48. The van der Waals surface area contributed by atoms with Crippen molar-refractivity contribution in [1.82, 2.24) is 0 Å². The zero-order valence-corrected chi connectivity index (χ0v) is 13.6. The molecule has 0 saturated heterocycles. The third kappa shape index (κ3) is 4.48. The summed E-state index contributed by atoms with van der Waals surface area (Å²) in [7, 11) is 0. The summed E-state index contributed by atoms with van der Waals surface area (Å²) in [6.07, 6.45) is 3.86. The van der Waals surface area contributed by atoms with E-state index in [2.05, 4.69) is 36.6 Å². The van der Waals surface area contributed by atoms with Crippen LogP contribution in [0.3, 0.4) is 0 Å². The van der Waals surface area contributed by atoms with Crippen LogP contribution in [0.2, 0.25) is 0 Å². The molecule has 1 amide bonds. The maximum atomic E-state index is 11.7. The lowest BCUT2D eigenvalue weighted by atomic mass is 9.80. The number of amides is 1. The molecule has 3 unspecified atom stereocenters. The lowest BCUT2D eigenvalue weighted by molar-refractivity contribution is -0.118. The number of anilines is 2. The predicted octanol–water partition coefficient (Wildman–Crippen LogP) is 4.52. The molecule has 1 aromatic rings. The van der Waals surface area contributed by atoms with Crippen molar-refractivity contribution in [2.24, 2.45) is 17.8 Å². The van der Waals surface area contributed by atoms with Crippen molar-refractivity contribution in [2.45, 2.75) is 53.0 Å². The second kappa shape index (κ2) is 6.97. The molecule has 1 aliphatic carbocycles. The third-order valence-corrected chi connectivity index (χ3v) is 4.46. The van der Waals surface area contributed by atoms with Gasteiger partial charge in [-0.25, -0.2) is 0 Å². The van der Waals surface area contributed by atoms with Gasteiger partial charge in [0.1, 0.15) is 0 Å². The number of benzene rings is 1. The molecule has 1 saturated carbocycles. The van der Waals surface area contributed by atoms with E-state index in [4.69, 9.17) is 0 Å². The summed E-state index contributed by atoms with van der Waals surface area (Å²) in [5.74, 6) is 1.64. The Morgan fingerprint density at radius 2 is 1.71 bits per heavy atom. The van der Waals surface area contributed by atoms with E-state index in [9.17, 15) is 4.79 Å². The van der Waals surface area contributed by atoms with Gasteiger partial charge in [0.15, 0.2) is 0 Å². The van der Waals surface area contributed by atoms with Crippen LogP contribution in [0, 0.1) is 17.8 Å². The van der Waals surface area contributed by atoms with Crippen LogP contribution in [0.4, 0.5) is 11.4 Å². The Bertz CT molecular complexity index is 467. The fourth-order valence-corrected chi connectivity index (χ4v) is 3.03. The Labute approximate surface area is 128 Å². The number of rotatable bonds is 4. The standard InChI is InChI=1S/C18H28N2O/c1-12(2)18(21)20-16-8-6-15(7-9-16)19-17-10-5-13(3)11-14(17)4/h6-9,12-14,17,19H,5,10-11H2,1-4H3,(H,20,21). The normalized spacial score (nSPS) is 25.7. The maximum absolute atomic E-state index is 11.7. The van der Waals surface area contributed by atoms with Gasteiger partial charge in [-0.1, -0.05) is 27.7 Å². The van der Waals surface area contributed by atoms with E-state index >= 15 is 0 Å². The lowest BCUT2D eigenvalue weighted by Gasteiger charge is -2.33. The Balaban J connectivity index is 1.92. The maximum Gasteiger partial charge on any atom is 0.226 e. The molecule has 0 aromatic heterocycles. The van der Waals surface area contributed by atoms with Crippen molar-refractivity contribution < 1.29 is 4.79 Å². The first kappa shape index (κ1) is 15.9. The molecule has 3 nitrogen and oxygen atoms in total. The molecule has 1 aromatic carbocycles. The average molecular weight is 288 g/mol. The summed E-state index contributed by atoms with van der Waals surface area (Å²) >= 11 is 0. The minimum atomic E-state index is 0.00730. The van der Waals surface area contributed by atoms with Gasteiger partial charge < -0.3 is 10.6 Å². The molecule has 1 fully saturated rings. The number of hydrogen-bond acceptors (Lipinski definition) is 2. The van der Waals surface area contributed by atoms with E-state index in [0.29, 0.717) is 12.0 Å². The smallest absolute Gasteiger partial charge is 0.226 e. The first-order chi connectivity index (χ1) is 9.95. The summed E-state index contributed by atoms with van der Waals surface area (Å²) < 4.78 is 0. The van der Waals surface area contributed by atoms with Crippen molar-refractivity contribution >= 4 is 17.3 Å². The van der Waals surface area contributed by atoms with Crippen LogP contribution in [0.1, 0.15) is 47.0 Å². The average Bonchev–Trinajstić information content (AvgIpc) is 2.43. The van der Waals surface area contributed by atoms with E-state index in [1.165, 1.54) is 19.3 Å². The summed E-state index contributed by atoms with van der Waals surface area (Å²) in [6, 6.07) is 8.62. The highest BCUT2D eigenvalue weighted by molar-refractivity contribution is 5.92. The second-order valence-electron chi connectivity index (χ2n) is 6.87. The van der Waals surface area contributed by atoms with Gasteiger partial charge in [0.25, 0.3) is 0 Å². The zero-order valence-electron chi connectivity index (χ0n) is 13.6. The van der Waals surface area contributed by atoms with Crippen LogP contribution in [-0.4, -0.2) is 11.9 Å². The predicted molar refractivity (Wildman–Crippen MR) is 89.5 cm³/mol. The summed E-state index contributed by atoms with van der Waals surface area (Å²) in [5.41, 5.74) is 2.01. The molecule has 0 aliphatic heterocycles. The number of carbonyl (C=O) groups is 1. The molecule has 0 radical (unpaired) electrons. The Morgan fingerprint density at radius 1 is 1.10 bits per heavy atom. The molecule has 21 heavy (non-hydrogen) atoms. The molecule has 1 aliphatic rings. The van der Waals surface area contributed by atoms with Crippen LogP contribution in [0.5, 0.6) is 0 Å². The lowest BCUT2D eigenvalue weighted by Crippen LogP contribution is -2.32. The van der Waals surface area contributed by atoms with E-state index < -0.39 is 0 Å². The fourth-order valence-electron chi connectivity index (χ4n) is 3.03. The fraction of sp³-hybridized carbons (Fsp3) is 0.611. The first-order valence-electron chi connectivity index (χ1n) is 8.13. The van der Waals surface area contributed by atoms with E-state index in [1.807, 2.05) is 26.0 Å². The van der Waals surface area contributed by atoms with Gasteiger partial charge in [-0.15, -0.1) is 0 Å². The number of nitrogens with one attached hydrogen (secondary N) is 2. The highest BCUT2D eigenvalue weighted by atomic mass is 16.1. The second-order valence-corrected chi connectivity index (χ2v) is 6.87. The molecule has 0 bridgehead atoms. The molecular formula is C18H28N2O.